The highest BCUT2D eigenvalue weighted by atomic mass is 32.2. The molecule has 0 aliphatic carbocycles. The summed E-state index contributed by atoms with van der Waals surface area (Å²) in [6.07, 6.45) is 4.49. The smallest absolute Gasteiger partial charge is 0.315 e. The molecule has 0 radical (unpaired) electrons. The maximum atomic E-state index is 11.9. The minimum Gasteiger partial charge on any atom is -0.475 e. The van der Waals surface area contributed by atoms with E-state index in [-0.39, 0.29) is 18.2 Å². The van der Waals surface area contributed by atoms with Gasteiger partial charge < -0.3 is 15.4 Å². The van der Waals surface area contributed by atoms with Crippen LogP contribution in [0.15, 0.2) is 18.3 Å². The number of urea groups is 1. The van der Waals surface area contributed by atoms with Crippen LogP contribution < -0.4 is 15.4 Å². The number of hydrogen-bond donors (Lipinski definition) is 2. The van der Waals surface area contributed by atoms with Crippen LogP contribution >= 0.6 is 0 Å². The standard InChI is InChI=1S/C16H26N4O4S/c1-12(2)24-15-7-6-13(9-17-15)10-18-16(21)19-11-14-5-4-8-20(14)25(3,22)23/h6-7,9,12,14H,4-5,8,10-11H2,1-3H3,(H2,18,19,21)/t14-/m1/s1. The molecule has 0 bridgehead atoms. The molecule has 2 heterocycles. The monoisotopic (exact) mass is 370 g/mol. The molecule has 0 aromatic carbocycles. The number of carbonyl (C=O) groups is 1. The zero-order valence-electron chi connectivity index (χ0n) is 14.9. The lowest BCUT2D eigenvalue weighted by Crippen LogP contribution is -2.45. The van der Waals surface area contributed by atoms with Gasteiger partial charge in [0.2, 0.25) is 15.9 Å². The number of hydrogen-bond acceptors (Lipinski definition) is 5. The highest BCUT2D eigenvalue weighted by Crippen LogP contribution is 2.19. The number of rotatable bonds is 7. The second-order valence-corrected chi connectivity index (χ2v) is 8.34. The number of carbonyl (C=O) groups excluding carboxylic acids is 1. The summed E-state index contributed by atoms with van der Waals surface area (Å²) in [5.74, 6) is 0.547. The number of ether oxygens (including phenoxy) is 1. The second-order valence-electron chi connectivity index (χ2n) is 6.40. The first-order valence-corrected chi connectivity index (χ1v) is 10.2. The van der Waals surface area contributed by atoms with Crippen molar-refractivity contribution in [3.63, 3.8) is 0 Å². The molecular weight excluding hydrogens is 344 g/mol. The first kappa shape index (κ1) is 19.5. The minimum atomic E-state index is -3.23. The van der Waals surface area contributed by atoms with E-state index < -0.39 is 10.0 Å². The average Bonchev–Trinajstić information content (AvgIpc) is 3.00. The first-order valence-electron chi connectivity index (χ1n) is 8.36. The van der Waals surface area contributed by atoms with Gasteiger partial charge in [-0.3, -0.25) is 0 Å². The third kappa shape index (κ3) is 6.17. The molecule has 2 N–H and O–H groups in total. The Hall–Kier alpha value is -1.87. The van der Waals surface area contributed by atoms with Crippen molar-refractivity contribution in [1.29, 1.82) is 0 Å². The van der Waals surface area contributed by atoms with Crippen molar-refractivity contribution in [1.82, 2.24) is 19.9 Å². The Balaban J connectivity index is 1.75. The molecule has 2 rings (SSSR count). The summed E-state index contributed by atoms with van der Waals surface area (Å²) in [6, 6.07) is 3.10. The fourth-order valence-corrected chi connectivity index (χ4v) is 3.91. The van der Waals surface area contributed by atoms with Crippen molar-refractivity contribution >= 4 is 16.1 Å². The van der Waals surface area contributed by atoms with Crippen molar-refractivity contribution in [3.8, 4) is 5.88 Å². The molecular formula is C16H26N4O4S. The average molecular weight is 370 g/mol. The minimum absolute atomic E-state index is 0.0596. The van der Waals surface area contributed by atoms with Crippen molar-refractivity contribution < 1.29 is 17.9 Å². The van der Waals surface area contributed by atoms with Gasteiger partial charge in [0.15, 0.2) is 0 Å². The molecule has 0 unspecified atom stereocenters. The lowest BCUT2D eigenvalue weighted by atomic mass is 10.2. The van der Waals surface area contributed by atoms with Gasteiger partial charge in [-0.05, 0) is 32.3 Å². The van der Waals surface area contributed by atoms with Crippen LogP contribution in [0.5, 0.6) is 5.88 Å². The summed E-state index contributed by atoms with van der Waals surface area (Å²) in [5.41, 5.74) is 0.852. The first-order chi connectivity index (χ1) is 11.8. The van der Waals surface area contributed by atoms with Crippen LogP contribution in [0, 0.1) is 0 Å². The van der Waals surface area contributed by atoms with Gasteiger partial charge in [0.05, 0.1) is 12.4 Å². The molecule has 0 saturated carbocycles. The third-order valence-electron chi connectivity index (χ3n) is 3.85. The summed E-state index contributed by atoms with van der Waals surface area (Å²) in [6.45, 7) is 5.01. The molecule has 8 nitrogen and oxygen atoms in total. The molecule has 1 aromatic heterocycles. The maximum Gasteiger partial charge on any atom is 0.315 e. The van der Waals surface area contributed by atoms with Crippen molar-refractivity contribution in [2.24, 2.45) is 0 Å². The number of amides is 2. The van der Waals surface area contributed by atoms with E-state index in [2.05, 4.69) is 15.6 Å². The van der Waals surface area contributed by atoms with Gasteiger partial charge in [-0.25, -0.2) is 18.2 Å². The fourth-order valence-electron chi connectivity index (χ4n) is 2.73. The van der Waals surface area contributed by atoms with Crippen LogP contribution in [0.1, 0.15) is 32.3 Å². The molecule has 2 amide bonds. The number of nitrogens with zero attached hydrogens (tertiary/aromatic N) is 2. The van der Waals surface area contributed by atoms with Gasteiger partial charge >= 0.3 is 6.03 Å². The highest BCUT2D eigenvalue weighted by molar-refractivity contribution is 7.88. The molecule has 1 atom stereocenters. The number of nitrogens with one attached hydrogen (secondary N) is 2. The van der Waals surface area contributed by atoms with Crippen LogP contribution in [0.2, 0.25) is 0 Å². The molecule has 9 heteroatoms. The van der Waals surface area contributed by atoms with E-state index in [9.17, 15) is 13.2 Å². The molecule has 25 heavy (non-hydrogen) atoms. The summed E-state index contributed by atoms with van der Waals surface area (Å²) in [7, 11) is -3.23. The van der Waals surface area contributed by atoms with Gasteiger partial charge in [-0.2, -0.15) is 4.31 Å². The van der Waals surface area contributed by atoms with E-state index in [1.165, 1.54) is 10.6 Å². The van der Waals surface area contributed by atoms with E-state index in [4.69, 9.17) is 4.74 Å². The highest BCUT2D eigenvalue weighted by Gasteiger charge is 2.31. The quantitative estimate of drug-likeness (QED) is 0.748. The third-order valence-corrected chi connectivity index (χ3v) is 5.19. The van der Waals surface area contributed by atoms with Crippen molar-refractivity contribution in [2.75, 3.05) is 19.3 Å². The van der Waals surface area contributed by atoms with Crippen LogP contribution in [0.4, 0.5) is 4.79 Å². The van der Waals surface area contributed by atoms with Crippen molar-refractivity contribution in [3.05, 3.63) is 23.9 Å². The molecule has 1 aliphatic rings. The lowest BCUT2D eigenvalue weighted by Gasteiger charge is -2.22. The van der Waals surface area contributed by atoms with E-state index in [1.54, 1.807) is 12.3 Å². The van der Waals surface area contributed by atoms with Gasteiger partial charge in [-0.15, -0.1) is 0 Å². The zero-order valence-corrected chi connectivity index (χ0v) is 15.7. The second kappa shape index (κ2) is 8.48. The molecule has 1 fully saturated rings. The number of pyridine rings is 1. The molecule has 1 aliphatic heterocycles. The molecule has 1 aromatic rings. The van der Waals surface area contributed by atoms with Gasteiger partial charge in [0.1, 0.15) is 0 Å². The van der Waals surface area contributed by atoms with Crippen LogP contribution in [-0.4, -0.2) is 55.2 Å². The van der Waals surface area contributed by atoms with Crippen LogP contribution in [0.3, 0.4) is 0 Å². The Labute approximate surface area is 149 Å². The summed E-state index contributed by atoms with van der Waals surface area (Å²) < 4.78 is 30.3. The van der Waals surface area contributed by atoms with Gasteiger partial charge in [0, 0.05) is 37.9 Å². The van der Waals surface area contributed by atoms with E-state index in [0.29, 0.717) is 25.5 Å². The molecule has 1 saturated heterocycles. The Morgan fingerprint density at radius 1 is 1.40 bits per heavy atom. The Bertz CT molecular complexity index is 676. The lowest BCUT2D eigenvalue weighted by molar-refractivity contribution is 0.232. The summed E-state index contributed by atoms with van der Waals surface area (Å²) >= 11 is 0. The summed E-state index contributed by atoms with van der Waals surface area (Å²) in [4.78, 5) is 16.1. The fraction of sp³-hybridized carbons (Fsp3) is 0.625. The predicted octanol–water partition coefficient (Wildman–Crippen LogP) is 1.09. The maximum absolute atomic E-state index is 11.9. The zero-order chi connectivity index (χ0) is 18.4. The Morgan fingerprint density at radius 3 is 2.76 bits per heavy atom. The molecule has 0 spiro atoms. The van der Waals surface area contributed by atoms with Gasteiger partial charge in [0.25, 0.3) is 0 Å². The normalized spacial score (nSPS) is 18.3. The topological polar surface area (TPSA) is 101 Å². The number of aromatic nitrogens is 1. The largest absolute Gasteiger partial charge is 0.475 e. The van der Waals surface area contributed by atoms with E-state index >= 15 is 0 Å². The van der Waals surface area contributed by atoms with E-state index in [1.807, 2.05) is 19.9 Å². The van der Waals surface area contributed by atoms with Crippen LogP contribution in [-0.2, 0) is 16.6 Å². The van der Waals surface area contributed by atoms with Crippen molar-refractivity contribution in [2.45, 2.75) is 45.4 Å². The predicted molar refractivity (Wildman–Crippen MR) is 94.8 cm³/mol. The SMILES string of the molecule is CC(C)Oc1ccc(CNC(=O)NC[C@H]2CCCN2S(C)(=O)=O)cn1. The molecule has 140 valence electrons. The number of sulfonamides is 1. The summed E-state index contributed by atoms with van der Waals surface area (Å²) in [5, 5.41) is 5.47. The van der Waals surface area contributed by atoms with E-state index in [0.717, 1.165) is 18.4 Å². The Morgan fingerprint density at radius 2 is 2.16 bits per heavy atom. The van der Waals surface area contributed by atoms with Crippen LogP contribution in [0.25, 0.3) is 0 Å². The van der Waals surface area contributed by atoms with Gasteiger partial charge in [-0.1, -0.05) is 6.07 Å². The Kier molecular flexibility index (Phi) is 6.60.